The van der Waals surface area contributed by atoms with Crippen LogP contribution in [0.3, 0.4) is 0 Å². The molecule has 1 aromatic rings. The van der Waals surface area contributed by atoms with Gasteiger partial charge in [0, 0.05) is 17.1 Å². The zero-order chi connectivity index (χ0) is 12.5. The van der Waals surface area contributed by atoms with Gasteiger partial charge in [0.25, 0.3) is 5.69 Å². The summed E-state index contributed by atoms with van der Waals surface area (Å²) in [4.78, 5) is 10.4. The Balaban J connectivity index is 2.13. The van der Waals surface area contributed by atoms with Crippen LogP contribution in [0, 0.1) is 10.1 Å². The summed E-state index contributed by atoms with van der Waals surface area (Å²) in [5, 5.41) is 23.7. The SMILES string of the molecule is O=[N+]([O-])c1ccc(Br)cc1NCC1(O)CCC1. The molecule has 1 aliphatic carbocycles. The fourth-order valence-electron chi connectivity index (χ4n) is 1.83. The Morgan fingerprint density at radius 1 is 1.53 bits per heavy atom. The number of benzene rings is 1. The second-order valence-electron chi connectivity index (χ2n) is 4.35. The number of hydrogen-bond acceptors (Lipinski definition) is 4. The standard InChI is InChI=1S/C11H13BrN2O3/c12-8-2-3-10(14(16)17)9(6-8)13-7-11(15)4-1-5-11/h2-3,6,13,15H,1,4-5,7H2. The van der Waals surface area contributed by atoms with Crippen molar-refractivity contribution < 1.29 is 10.0 Å². The summed E-state index contributed by atoms with van der Waals surface area (Å²) in [6, 6.07) is 4.72. The van der Waals surface area contributed by atoms with E-state index in [4.69, 9.17) is 0 Å². The fraction of sp³-hybridized carbons (Fsp3) is 0.455. The Labute approximate surface area is 107 Å². The number of aliphatic hydroxyl groups is 1. The molecule has 1 aliphatic rings. The molecule has 0 spiro atoms. The summed E-state index contributed by atoms with van der Waals surface area (Å²) in [5.41, 5.74) is -0.239. The molecule has 0 heterocycles. The molecule has 6 heteroatoms. The van der Waals surface area contributed by atoms with E-state index in [0.717, 1.165) is 23.7 Å². The molecule has 17 heavy (non-hydrogen) atoms. The Morgan fingerprint density at radius 2 is 2.24 bits per heavy atom. The maximum Gasteiger partial charge on any atom is 0.292 e. The highest BCUT2D eigenvalue weighted by Crippen LogP contribution is 2.33. The van der Waals surface area contributed by atoms with Gasteiger partial charge in [-0.05, 0) is 31.4 Å². The number of nitro groups is 1. The van der Waals surface area contributed by atoms with Crippen molar-refractivity contribution in [2.75, 3.05) is 11.9 Å². The minimum Gasteiger partial charge on any atom is -0.388 e. The minimum atomic E-state index is -0.698. The van der Waals surface area contributed by atoms with E-state index < -0.39 is 10.5 Å². The minimum absolute atomic E-state index is 0.0242. The van der Waals surface area contributed by atoms with E-state index in [-0.39, 0.29) is 5.69 Å². The molecule has 0 atom stereocenters. The van der Waals surface area contributed by atoms with Gasteiger partial charge in [-0.25, -0.2) is 0 Å². The van der Waals surface area contributed by atoms with Crippen molar-refractivity contribution in [2.45, 2.75) is 24.9 Å². The lowest BCUT2D eigenvalue weighted by Crippen LogP contribution is -2.43. The zero-order valence-electron chi connectivity index (χ0n) is 9.15. The Bertz CT molecular complexity index is 446. The van der Waals surface area contributed by atoms with Crippen LogP contribution >= 0.6 is 15.9 Å². The maximum atomic E-state index is 10.8. The third kappa shape index (κ3) is 2.76. The van der Waals surface area contributed by atoms with Gasteiger partial charge < -0.3 is 10.4 Å². The molecule has 0 bridgehead atoms. The topological polar surface area (TPSA) is 75.4 Å². The highest BCUT2D eigenvalue weighted by molar-refractivity contribution is 9.10. The number of nitrogens with one attached hydrogen (secondary N) is 1. The second-order valence-corrected chi connectivity index (χ2v) is 5.27. The predicted octanol–water partition coefficient (Wildman–Crippen LogP) is 2.68. The van der Waals surface area contributed by atoms with Gasteiger partial charge in [0.1, 0.15) is 5.69 Å². The highest BCUT2D eigenvalue weighted by atomic mass is 79.9. The van der Waals surface area contributed by atoms with Gasteiger partial charge in [0.15, 0.2) is 0 Å². The Morgan fingerprint density at radius 3 is 2.76 bits per heavy atom. The fourth-order valence-corrected chi connectivity index (χ4v) is 2.19. The number of halogens is 1. The summed E-state index contributed by atoms with van der Waals surface area (Å²) in [5.74, 6) is 0. The number of hydrogen-bond donors (Lipinski definition) is 2. The molecule has 2 rings (SSSR count). The van der Waals surface area contributed by atoms with Crippen molar-refractivity contribution in [1.82, 2.24) is 0 Å². The molecule has 0 amide bonds. The molecule has 92 valence electrons. The first-order valence-corrected chi connectivity index (χ1v) is 6.20. The van der Waals surface area contributed by atoms with Gasteiger partial charge in [-0.2, -0.15) is 0 Å². The van der Waals surface area contributed by atoms with Crippen molar-refractivity contribution in [2.24, 2.45) is 0 Å². The van der Waals surface area contributed by atoms with E-state index in [1.54, 1.807) is 12.1 Å². The second kappa shape index (κ2) is 4.62. The lowest BCUT2D eigenvalue weighted by Gasteiger charge is -2.36. The van der Waals surface area contributed by atoms with Crippen molar-refractivity contribution in [3.05, 3.63) is 32.8 Å². The quantitative estimate of drug-likeness (QED) is 0.662. The first-order valence-electron chi connectivity index (χ1n) is 5.40. The van der Waals surface area contributed by atoms with Crippen LogP contribution in [-0.4, -0.2) is 22.2 Å². The normalized spacial score (nSPS) is 17.3. The average Bonchev–Trinajstić information content (AvgIpc) is 2.23. The monoisotopic (exact) mass is 300 g/mol. The molecule has 2 N–H and O–H groups in total. The summed E-state index contributed by atoms with van der Waals surface area (Å²) >= 11 is 3.27. The Kier molecular flexibility index (Phi) is 3.35. The van der Waals surface area contributed by atoms with E-state index >= 15 is 0 Å². The van der Waals surface area contributed by atoms with Crippen molar-refractivity contribution in [1.29, 1.82) is 0 Å². The van der Waals surface area contributed by atoms with Gasteiger partial charge >= 0.3 is 0 Å². The Hall–Kier alpha value is -1.14. The molecule has 5 nitrogen and oxygen atoms in total. The molecular weight excluding hydrogens is 288 g/mol. The third-order valence-corrected chi connectivity index (χ3v) is 3.54. The first-order chi connectivity index (χ1) is 8.00. The van der Waals surface area contributed by atoms with Gasteiger partial charge in [0.05, 0.1) is 10.5 Å². The van der Waals surface area contributed by atoms with Crippen LogP contribution in [0.15, 0.2) is 22.7 Å². The van der Waals surface area contributed by atoms with Crippen molar-refractivity contribution >= 4 is 27.3 Å². The summed E-state index contributed by atoms with van der Waals surface area (Å²) in [6.07, 6.45) is 2.52. The molecule has 0 unspecified atom stereocenters. The van der Waals surface area contributed by atoms with E-state index in [0.29, 0.717) is 12.2 Å². The molecule has 0 aliphatic heterocycles. The van der Waals surface area contributed by atoms with Gasteiger partial charge in [-0.3, -0.25) is 10.1 Å². The smallest absolute Gasteiger partial charge is 0.292 e. The number of rotatable bonds is 4. The van der Waals surface area contributed by atoms with Crippen LogP contribution in [0.2, 0.25) is 0 Å². The molecule has 0 saturated heterocycles. The molecule has 1 saturated carbocycles. The lowest BCUT2D eigenvalue weighted by molar-refractivity contribution is -0.384. The van der Waals surface area contributed by atoms with Crippen LogP contribution in [0.5, 0.6) is 0 Å². The van der Waals surface area contributed by atoms with E-state index in [9.17, 15) is 15.2 Å². The van der Waals surface area contributed by atoms with E-state index in [2.05, 4.69) is 21.2 Å². The average molecular weight is 301 g/mol. The van der Waals surface area contributed by atoms with Crippen molar-refractivity contribution in [3.63, 3.8) is 0 Å². The molecule has 0 aromatic heterocycles. The molecule has 1 fully saturated rings. The number of anilines is 1. The molecule has 1 aromatic carbocycles. The third-order valence-electron chi connectivity index (χ3n) is 3.05. The number of nitro benzene ring substituents is 1. The molecule has 0 radical (unpaired) electrons. The van der Waals surface area contributed by atoms with E-state index in [1.807, 2.05) is 0 Å². The highest BCUT2D eigenvalue weighted by Gasteiger charge is 2.34. The van der Waals surface area contributed by atoms with E-state index in [1.165, 1.54) is 6.07 Å². The van der Waals surface area contributed by atoms with Gasteiger partial charge in [0.2, 0.25) is 0 Å². The largest absolute Gasteiger partial charge is 0.388 e. The summed E-state index contributed by atoms with van der Waals surface area (Å²) < 4.78 is 0.770. The number of nitrogens with zero attached hydrogens (tertiary/aromatic N) is 1. The van der Waals surface area contributed by atoms with Crippen LogP contribution in [0.1, 0.15) is 19.3 Å². The van der Waals surface area contributed by atoms with Gasteiger partial charge in [-0.1, -0.05) is 15.9 Å². The lowest BCUT2D eigenvalue weighted by atomic mass is 9.80. The maximum absolute atomic E-state index is 10.8. The first kappa shape index (κ1) is 12.3. The summed E-state index contributed by atoms with van der Waals surface area (Å²) in [6.45, 7) is 0.351. The van der Waals surface area contributed by atoms with Crippen LogP contribution in [0.4, 0.5) is 11.4 Å². The van der Waals surface area contributed by atoms with Gasteiger partial charge in [-0.15, -0.1) is 0 Å². The van der Waals surface area contributed by atoms with Crippen LogP contribution in [0.25, 0.3) is 0 Å². The van der Waals surface area contributed by atoms with Crippen molar-refractivity contribution in [3.8, 4) is 0 Å². The predicted molar refractivity (Wildman–Crippen MR) is 68.1 cm³/mol. The van der Waals surface area contributed by atoms with Crippen LogP contribution < -0.4 is 5.32 Å². The van der Waals surface area contributed by atoms with Crippen LogP contribution in [-0.2, 0) is 0 Å². The zero-order valence-corrected chi connectivity index (χ0v) is 10.7. The molecular formula is C11H13BrN2O3. The summed E-state index contributed by atoms with van der Waals surface area (Å²) in [7, 11) is 0.